The molecule has 0 saturated heterocycles. The Morgan fingerprint density at radius 2 is 1.66 bits per heavy atom. The molecule has 0 atom stereocenters. The maximum Gasteiger partial charge on any atom is 0.433 e. The molecule has 8 heteroatoms. The molecular formula is C27H28F3NO3S. The number of halogens is 3. The first-order valence-electron chi connectivity index (χ1n) is 11.2. The summed E-state index contributed by atoms with van der Waals surface area (Å²) >= 11 is 0. The first kappa shape index (κ1) is 26.6. The average Bonchev–Trinajstić information content (AvgIpc) is 2.76. The van der Waals surface area contributed by atoms with Gasteiger partial charge in [0.05, 0.1) is 11.4 Å². The van der Waals surface area contributed by atoms with Gasteiger partial charge < -0.3 is 0 Å². The predicted octanol–water partition coefficient (Wildman–Crippen LogP) is 5.72. The highest BCUT2D eigenvalue weighted by molar-refractivity contribution is 7.90. The number of hydrogen-bond acceptors (Lipinski definition) is 4. The van der Waals surface area contributed by atoms with Gasteiger partial charge in [0, 0.05) is 24.7 Å². The van der Waals surface area contributed by atoms with Crippen molar-refractivity contribution in [2.75, 3.05) is 12.0 Å². The molecule has 0 N–H and O–H groups in total. The van der Waals surface area contributed by atoms with Gasteiger partial charge in [-0.15, -0.1) is 0 Å². The Morgan fingerprint density at radius 1 is 0.943 bits per heavy atom. The number of Topliss-reactive ketones (excluding diaryl/α,β-unsaturated/α-hetero) is 1. The second kappa shape index (κ2) is 10.7. The third-order valence-corrected chi connectivity index (χ3v) is 6.73. The number of aryl methyl sites for hydroxylation is 4. The summed E-state index contributed by atoms with van der Waals surface area (Å²) < 4.78 is 62.6. The number of ketones is 1. The molecule has 35 heavy (non-hydrogen) atoms. The van der Waals surface area contributed by atoms with Crippen LogP contribution in [0, 0.1) is 13.8 Å². The zero-order valence-corrected chi connectivity index (χ0v) is 20.8. The van der Waals surface area contributed by atoms with Gasteiger partial charge in [-0.3, -0.25) is 4.79 Å². The highest BCUT2D eigenvalue weighted by atomic mass is 32.2. The van der Waals surface area contributed by atoms with Gasteiger partial charge in [-0.1, -0.05) is 48.0 Å². The first-order chi connectivity index (χ1) is 16.3. The quantitative estimate of drug-likeness (QED) is 0.375. The van der Waals surface area contributed by atoms with Crippen molar-refractivity contribution in [3.8, 4) is 11.3 Å². The minimum Gasteiger partial charge on any atom is -0.299 e. The lowest BCUT2D eigenvalue weighted by atomic mass is 9.96. The number of rotatable bonds is 9. The van der Waals surface area contributed by atoms with Crippen molar-refractivity contribution in [1.82, 2.24) is 4.98 Å². The highest BCUT2D eigenvalue weighted by Crippen LogP contribution is 2.32. The van der Waals surface area contributed by atoms with Crippen LogP contribution in [0.15, 0.2) is 54.6 Å². The second-order valence-corrected chi connectivity index (χ2v) is 11.2. The molecule has 1 heterocycles. The molecule has 0 aliphatic rings. The fourth-order valence-corrected chi connectivity index (χ4v) is 4.51. The third kappa shape index (κ3) is 7.75. The number of pyridine rings is 1. The van der Waals surface area contributed by atoms with Crippen molar-refractivity contribution in [2.24, 2.45) is 0 Å². The zero-order chi connectivity index (χ0) is 25.8. The standard InChI is InChI=1S/C27H28F3NO3S/c1-18-5-4-6-23(15-18)26-22(10-12-25(31-26)27(28,29)30)9-11-24(32)17-20-7-8-21(19(2)16-20)13-14-35(3,33)34/h4-8,10,12,15-16H,9,11,13-14,17H2,1-3H3. The van der Waals surface area contributed by atoms with E-state index in [0.717, 1.165) is 28.3 Å². The summed E-state index contributed by atoms with van der Waals surface area (Å²) in [5, 5.41) is 0. The molecule has 0 amide bonds. The lowest BCUT2D eigenvalue weighted by Gasteiger charge is -2.13. The van der Waals surface area contributed by atoms with E-state index in [1.165, 1.54) is 12.3 Å². The summed E-state index contributed by atoms with van der Waals surface area (Å²) in [4.78, 5) is 16.6. The Bertz CT molecular complexity index is 1330. The molecule has 0 radical (unpaired) electrons. The van der Waals surface area contributed by atoms with Crippen LogP contribution >= 0.6 is 0 Å². The van der Waals surface area contributed by atoms with E-state index < -0.39 is 21.7 Å². The summed E-state index contributed by atoms with van der Waals surface area (Å²) in [6.45, 7) is 3.74. The van der Waals surface area contributed by atoms with Crippen molar-refractivity contribution < 1.29 is 26.4 Å². The van der Waals surface area contributed by atoms with E-state index >= 15 is 0 Å². The SMILES string of the molecule is Cc1cccc(-c2nc(C(F)(F)F)ccc2CCC(=O)Cc2ccc(CCS(C)(=O)=O)c(C)c2)c1. The number of carbonyl (C=O) groups is 1. The normalized spacial score (nSPS) is 12.1. The molecule has 0 saturated carbocycles. The molecule has 2 aromatic carbocycles. The molecule has 1 aromatic heterocycles. The summed E-state index contributed by atoms with van der Waals surface area (Å²) in [5.74, 6) is 0.0275. The number of benzene rings is 2. The van der Waals surface area contributed by atoms with Gasteiger partial charge in [0.2, 0.25) is 0 Å². The van der Waals surface area contributed by atoms with E-state index in [2.05, 4.69) is 4.98 Å². The molecule has 3 aromatic rings. The number of alkyl halides is 3. The fraction of sp³-hybridized carbons (Fsp3) is 0.333. The molecule has 0 unspecified atom stereocenters. The van der Waals surface area contributed by atoms with E-state index in [1.54, 1.807) is 18.2 Å². The number of aromatic nitrogens is 1. The van der Waals surface area contributed by atoms with E-state index in [4.69, 9.17) is 0 Å². The summed E-state index contributed by atoms with van der Waals surface area (Å²) in [6, 6.07) is 15.0. The van der Waals surface area contributed by atoms with Crippen molar-refractivity contribution in [1.29, 1.82) is 0 Å². The summed E-state index contributed by atoms with van der Waals surface area (Å²) in [7, 11) is -3.06. The second-order valence-electron chi connectivity index (χ2n) is 8.93. The predicted molar refractivity (Wildman–Crippen MR) is 131 cm³/mol. The van der Waals surface area contributed by atoms with Gasteiger partial charge in [-0.25, -0.2) is 13.4 Å². The summed E-state index contributed by atoms with van der Waals surface area (Å²) in [5.41, 5.74) is 4.01. The first-order valence-corrected chi connectivity index (χ1v) is 13.3. The van der Waals surface area contributed by atoms with Crippen LogP contribution in [0.1, 0.15) is 39.9 Å². The lowest BCUT2D eigenvalue weighted by Crippen LogP contribution is -2.11. The lowest BCUT2D eigenvalue weighted by molar-refractivity contribution is -0.141. The molecule has 0 spiro atoms. The minimum absolute atomic E-state index is 0.0385. The van der Waals surface area contributed by atoms with Gasteiger partial charge in [0.15, 0.2) is 0 Å². The fourth-order valence-electron chi connectivity index (χ4n) is 3.92. The Hall–Kier alpha value is -3.00. The minimum atomic E-state index is -4.56. The Kier molecular flexibility index (Phi) is 8.15. The molecule has 0 fully saturated rings. The van der Waals surface area contributed by atoms with E-state index in [0.29, 0.717) is 17.5 Å². The maximum absolute atomic E-state index is 13.3. The third-order valence-electron chi connectivity index (χ3n) is 5.78. The molecule has 4 nitrogen and oxygen atoms in total. The van der Waals surface area contributed by atoms with Gasteiger partial charge in [-0.05, 0) is 61.1 Å². The van der Waals surface area contributed by atoms with Gasteiger partial charge >= 0.3 is 6.18 Å². The Balaban J connectivity index is 1.73. The Morgan fingerprint density at radius 3 is 2.29 bits per heavy atom. The topological polar surface area (TPSA) is 64.1 Å². The smallest absolute Gasteiger partial charge is 0.299 e. The zero-order valence-electron chi connectivity index (χ0n) is 19.9. The number of hydrogen-bond donors (Lipinski definition) is 0. The molecule has 0 bridgehead atoms. The van der Waals surface area contributed by atoms with Crippen molar-refractivity contribution >= 4 is 15.6 Å². The van der Waals surface area contributed by atoms with Crippen LogP contribution in [0.4, 0.5) is 13.2 Å². The molecule has 3 rings (SSSR count). The van der Waals surface area contributed by atoms with Crippen LogP contribution in [0.2, 0.25) is 0 Å². The van der Waals surface area contributed by atoms with E-state index in [-0.39, 0.29) is 36.5 Å². The van der Waals surface area contributed by atoms with Gasteiger partial charge in [0.1, 0.15) is 21.3 Å². The molecular weight excluding hydrogens is 475 g/mol. The van der Waals surface area contributed by atoms with Gasteiger partial charge in [0.25, 0.3) is 0 Å². The van der Waals surface area contributed by atoms with Crippen molar-refractivity contribution in [3.05, 3.63) is 88.1 Å². The Labute approximate surface area is 204 Å². The van der Waals surface area contributed by atoms with Crippen LogP contribution in [0.5, 0.6) is 0 Å². The average molecular weight is 504 g/mol. The number of sulfone groups is 1. The number of nitrogens with zero attached hydrogens (tertiary/aromatic N) is 1. The van der Waals surface area contributed by atoms with E-state index in [9.17, 15) is 26.4 Å². The monoisotopic (exact) mass is 503 g/mol. The van der Waals surface area contributed by atoms with Crippen molar-refractivity contribution in [2.45, 2.75) is 45.7 Å². The van der Waals surface area contributed by atoms with Gasteiger partial charge in [-0.2, -0.15) is 13.2 Å². The van der Waals surface area contributed by atoms with Crippen LogP contribution < -0.4 is 0 Å². The highest BCUT2D eigenvalue weighted by Gasteiger charge is 2.33. The van der Waals surface area contributed by atoms with E-state index in [1.807, 2.05) is 38.1 Å². The number of carbonyl (C=O) groups excluding carboxylic acids is 1. The molecule has 0 aliphatic carbocycles. The molecule has 0 aliphatic heterocycles. The van der Waals surface area contributed by atoms with Crippen LogP contribution in [0.25, 0.3) is 11.3 Å². The summed E-state index contributed by atoms with van der Waals surface area (Å²) in [6.07, 6.45) is -2.30. The van der Waals surface area contributed by atoms with Crippen LogP contribution in [0.3, 0.4) is 0 Å². The van der Waals surface area contributed by atoms with Crippen molar-refractivity contribution in [3.63, 3.8) is 0 Å². The maximum atomic E-state index is 13.3. The molecule has 186 valence electrons. The largest absolute Gasteiger partial charge is 0.433 e. The van der Waals surface area contributed by atoms with Crippen LogP contribution in [-0.4, -0.2) is 31.2 Å². The van der Waals surface area contributed by atoms with Crippen LogP contribution in [-0.2, 0) is 40.1 Å².